The molecule has 0 aliphatic carbocycles. The highest BCUT2D eigenvalue weighted by atomic mass is 16.2. The fourth-order valence-electron chi connectivity index (χ4n) is 5.51. The number of fused-ring (bicyclic) bond motifs is 3. The molecule has 0 saturated heterocycles. The molecule has 0 saturated carbocycles. The minimum atomic E-state index is -0.920. The average molecular weight is 663 g/mol. The minimum Gasteiger partial charge on any atom is -0.350 e. The van der Waals surface area contributed by atoms with Crippen LogP contribution in [0.3, 0.4) is 0 Å². The van der Waals surface area contributed by atoms with E-state index in [9.17, 15) is 28.8 Å². The number of aromatic nitrogens is 4. The summed E-state index contributed by atoms with van der Waals surface area (Å²) >= 11 is 0. The number of amides is 5. The molecule has 0 aliphatic heterocycles. The van der Waals surface area contributed by atoms with Crippen LogP contribution in [0.2, 0.25) is 0 Å². The van der Waals surface area contributed by atoms with Gasteiger partial charge in [0.15, 0.2) is 6.29 Å². The Kier molecular flexibility index (Phi) is 10.8. The number of carbonyl (C=O) groups is 6. The van der Waals surface area contributed by atoms with Gasteiger partial charge in [0.05, 0.1) is 17.6 Å². The van der Waals surface area contributed by atoms with Crippen molar-refractivity contribution in [1.29, 1.82) is 0 Å². The lowest BCUT2D eigenvalue weighted by atomic mass is 10.0. The monoisotopic (exact) mass is 662 g/mol. The van der Waals surface area contributed by atoms with Crippen molar-refractivity contribution in [2.45, 2.75) is 45.4 Å². The van der Waals surface area contributed by atoms with Crippen LogP contribution in [0.5, 0.6) is 0 Å². The Hall–Kier alpha value is -6.31. The normalized spacial score (nSPS) is 11.5. The van der Waals surface area contributed by atoms with Crippen molar-refractivity contribution in [2.24, 2.45) is 0 Å². The number of aldehydes is 1. The molecule has 5 amide bonds. The van der Waals surface area contributed by atoms with Crippen molar-refractivity contribution in [3.63, 3.8) is 0 Å². The van der Waals surface area contributed by atoms with Gasteiger partial charge in [-0.15, -0.1) is 0 Å². The van der Waals surface area contributed by atoms with E-state index in [0.29, 0.717) is 30.5 Å². The second-order valence-electron chi connectivity index (χ2n) is 11.2. The zero-order chi connectivity index (χ0) is 34.9. The zero-order valence-corrected chi connectivity index (χ0v) is 26.9. The Morgan fingerprint density at radius 1 is 0.918 bits per heavy atom. The Labute approximate surface area is 280 Å². The van der Waals surface area contributed by atoms with Gasteiger partial charge in [0.2, 0.25) is 18.2 Å². The lowest BCUT2D eigenvalue weighted by Crippen LogP contribution is -2.47. The summed E-state index contributed by atoms with van der Waals surface area (Å²) in [5.74, 6) is -1.65. The standard InChI is InChI=1S/C35H34N8O6/c1-3-7-29(34(48)41-21-45)42(2)35(49)25-12-11-23(14-24(25)20-44)33(47)40-18-30-37-15-22(16-38-30)17-39-31(46)19-43-28-10-5-4-8-26(28)27-9-6-13-36-32(27)43/h4-6,8-16,20-21,29H,3,7,17-19H2,1-2H3,(H,39,46)(H,40,47)(H,41,45,48). The summed E-state index contributed by atoms with van der Waals surface area (Å²) in [6.07, 6.45) is 6.39. The first kappa shape index (κ1) is 34.0. The van der Waals surface area contributed by atoms with Gasteiger partial charge in [0.25, 0.3) is 11.8 Å². The van der Waals surface area contributed by atoms with Crippen LogP contribution >= 0.6 is 0 Å². The van der Waals surface area contributed by atoms with Gasteiger partial charge < -0.3 is 20.1 Å². The third kappa shape index (κ3) is 7.64. The second-order valence-corrected chi connectivity index (χ2v) is 11.2. The highest BCUT2D eigenvalue weighted by molar-refractivity contribution is 6.07. The first-order valence-electron chi connectivity index (χ1n) is 15.5. The van der Waals surface area contributed by atoms with Gasteiger partial charge in [-0.05, 0) is 42.8 Å². The number of nitrogens with zero attached hydrogens (tertiary/aromatic N) is 5. The summed E-state index contributed by atoms with van der Waals surface area (Å²) in [5, 5.41) is 9.63. The van der Waals surface area contributed by atoms with Crippen LogP contribution < -0.4 is 16.0 Å². The van der Waals surface area contributed by atoms with Crippen molar-refractivity contribution in [3.05, 3.63) is 101 Å². The molecular weight excluding hydrogens is 628 g/mol. The topological polar surface area (TPSA) is 185 Å². The van der Waals surface area contributed by atoms with Crippen LogP contribution in [0.25, 0.3) is 21.9 Å². The number of para-hydroxylation sites is 1. The number of carbonyl (C=O) groups excluding carboxylic acids is 6. The van der Waals surface area contributed by atoms with Gasteiger partial charge in [-0.2, -0.15) is 0 Å². The summed E-state index contributed by atoms with van der Waals surface area (Å²) in [6, 6.07) is 14.8. The van der Waals surface area contributed by atoms with Crippen molar-refractivity contribution >= 4 is 58.3 Å². The number of pyridine rings is 1. The van der Waals surface area contributed by atoms with E-state index in [1.807, 2.05) is 47.9 Å². The maximum atomic E-state index is 13.2. The highest BCUT2D eigenvalue weighted by Crippen LogP contribution is 2.27. The molecule has 0 spiro atoms. The number of benzene rings is 2. The lowest BCUT2D eigenvalue weighted by molar-refractivity contribution is -0.129. The number of rotatable bonds is 14. The van der Waals surface area contributed by atoms with Gasteiger partial charge in [0.1, 0.15) is 24.1 Å². The SMILES string of the molecule is CCCC(C(=O)NC=O)N(C)C(=O)c1ccc(C(=O)NCc2ncc(CNC(=O)Cn3c4ccccc4c4cccnc43)cn2)cc1C=O. The largest absolute Gasteiger partial charge is 0.350 e. The Bertz CT molecular complexity index is 1990. The molecule has 0 bridgehead atoms. The summed E-state index contributed by atoms with van der Waals surface area (Å²) in [5.41, 5.74) is 2.40. The minimum absolute atomic E-state index is 0.00629. The van der Waals surface area contributed by atoms with E-state index >= 15 is 0 Å². The molecule has 14 nitrogen and oxygen atoms in total. The molecule has 2 aromatic carbocycles. The van der Waals surface area contributed by atoms with E-state index in [4.69, 9.17) is 0 Å². The van der Waals surface area contributed by atoms with Gasteiger partial charge in [-0.1, -0.05) is 31.5 Å². The van der Waals surface area contributed by atoms with E-state index in [1.165, 1.54) is 30.1 Å². The first-order valence-corrected chi connectivity index (χ1v) is 15.5. The lowest BCUT2D eigenvalue weighted by Gasteiger charge is -2.26. The van der Waals surface area contributed by atoms with Crippen molar-refractivity contribution in [1.82, 2.24) is 40.4 Å². The Balaban J connectivity index is 1.16. The molecule has 3 N–H and O–H groups in total. The van der Waals surface area contributed by atoms with E-state index in [-0.39, 0.29) is 48.6 Å². The zero-order valence-electron chi connectivity index (χ0n) is 26.9. The van der Waals surface area contributed by atoms with E-state index in [1.54, 1.807) is 18.6 Å². The van der Waals surface area contributed by atoms with E-state index < -0.39 is 23.8 Å². The third-order valence-corrected chi connectivity index (χ3v) is 8.01. The van der Waals surface area contributed by atoms with Gasteiger partial charge in [-0.3, -0.25) is 34.1 Å². The van der Waals surface area contributed by atoms with Crippen molar-refractivity contribution in [2.75, 3.05) is 7.05 Å². The average Bonchev–Trinajstić information content (AvgIpc) is 3.44. The van der Waals surface area contributed by atoms with Crippen molar-refractivity contribution < 1.29 is 28.8 Å². The van der Waals surface area contributed by atoms with Gasteiger partial charge in [-0.25, -0.2) is 15.0 Å². The Morgan fingerprint density at radius 3 is 2.41 bits per heavy atom. The number of likely N-dealkylation sites (N-methyl/N-ethyl adjacent to an activating group) is 1. The fourth-order valence-corrected chi connectivity index (χ4v) is 5.51. The number of hydrogen-bond donors (Lipinski definition) is 3. The number of imide groups is 1. The highest BCUT2D eigenvalue weighted by Gasteiger charge is 2.28. The number of nitrogens with one attached hydrogen (secondary N) is 3. The number of hydrogen-bond acceptors (Lipinski definition) is 9. The summed E-state index contributed by atoms with van der Waals surface area (Å²) in [4.78, 5) is 88.1. The first-order chi connectivity index (χ1) is 23.7. The molecule has 1 atom stereocenters. The molecule has 3 aromatic heterocycles. The van der Waals surface area contributed by atoms with Crippen LogP contribution in [0, 0.1) is 0 Å². The molecule has 250 valence electrons. The quantitative estimate of drug-likeness (QED) is 0.150. The molecule has 5 rings (SSSR count). The van der Waals surface area contributed by atoms with Crippen LogP contribution in [0.4, 0.5) is 0 Å². The van der Waals surface area contributed by atoms with Crippen LogP contribution in [0.15, 0.2) is 73.2 Å². The molecule has 0 fully saturated rings. The van der Waals surface area contributed by atoms with Gasteiger partial charge >= 0.3 is 0 Å². The van der Waals surface area contributed by atoms with E-state index in [2.05, 4.69) is 30.9 Å². The molecule has 49 heavy (non-hydrogen) atoms. The van der Waals surface area contributed by atoms with Crippen LogP contribution in [-0.4, -0.2) is 73.8 Å². The maximum absolute atomic E-state index is 13.2. The van der Waals surface area contributed by atoms with Gasteiger partial charge in [0, 0.05) is 59.6 Å². The molecular formula is C35H34N8O6. The Morgan fingerprint density at radius 2 is 1.67 bits per heavy atom. The molecule has 3 heterocycles. The molecule has 5 aromatic rings. The van der Waals surface area contributed by atoms with Crippen molar-refractivity contribution in [3.8, 4) is 0 Å². The van der Waals surface area contributed by atoms with E-state index in [0.717, 1.165) is 21.9 Å². The summed E-state index contributed by atoms with van der Waals surface area (Å²) in [7, 11) is 1.41. The smallest absolute Gasteiger partial charge is 0.255 e. The molecule has 14 heteroatoms. The molecule has 0 aliphatic rings. The second kappa shape index (κ2) is 15.5. The summed E-state index contributed by atoms with van der Waals surface area (Å²) in [6.45, 7) is 2.10. The molecule has 0 radical (unpaired) electrons. The van der Waals surface area contributed by atoms with Crippen LogP contribution in [0.1, 0.15) is 62.2 Å². The predicted molar refractivity (Wildman–Crippen MR) is 179 cm³/mol. The molecule has 1 unspecified atom stereocenters. The predicted octanol–water partition coefficient (Wildman–Crippen LogP) is 2.55. The maximum Gasteiger partial charge on any atom is 0.255 e. The fraction of sp³-hybridized carbons (Fsp3) is 0.229. The third-order valence-electron chi connectivity index (χ3n) is 8.01. The summed E-state index contributed by atoms with van der Waals surface area (Å²) < 4.78 is 1.88. The van der Waals surface area contributed by atoms with Crippen LogP contribution in [-0.2, 0) is 34.0 Å².